The zero-order valence-electron chi connectivity index (χ0n) is 13.5. The third kappa shape index (κ3) is 2.96. The van der Waals surface area contributed by atoms with E-state index in [0.29, 0.717) is 23.6 Å². The summed E-state index contributed by atoms with van der Waals surface area (Å²) in [5, 5.41) is 8.96. The molecule has 0 bridgehead atoms. The summed E-state index contributed by atoms with van der Waals surface area (Å²) in [5.74, 6) is -0.607. The van der Waals surface area contributed by atoms with Crippen LogP contribution in [-0.4, -0.2) is 46.6 Å². The lowest BCUT2D eigenvalue weighted by Crippen LogP contribution is -2.46. The first-order valence-corrected chi connectivity index (χ1v) is 8.14. The van der Waals surface area contributed by atoms with E-state index in [1.54, 1.807) is 12.1 Å². The van der Waals surface area contributed by atoms with Crippen molar-refractivity contribution in [3.63, 3.8) is 0 Å². The minimum Gasteiger partial charge on any atom is -0.478 e. The number of carboxylic acids is 1. The summed E-state index contributed by atoms with van der Waals surface area (Å²) >= 11 is 0. The van der Waals surface area contributed by atoms with Gasteiger partial charge in [0.25, 0.3) is 5.91 Å². The first-order chi connectivity index (χ1) is 11.0. The fraction of sp³-hybridized carbons (Fsp3) is 0.529. The van der Waals surface area contributed by atoms with E-state index in [1.807, 2.05) is 4.90 Å². The molecule has 124 valence electrons. The summed E-state index contributed by atoms with van der Waals surface area (Å²) in [7, 11) is 0. The van der Waals surface area contributed by atoms with Crippen molar-refractivity contribution in [3.05, 3.63) is 35.4 Å². The maximum absolute atomic E-state index is 12.8. The van der Waals surface area contributed by atoms with Gasteiger partial charge in [-0.3, -0.25) is 15.6 Å². The number of nitrogens with zero attached hydrogens (tertiary/aromatic N) is 1. The van der Waals surface area contributed by atoms with Gasteiger partial charge in [0.15, 0.2) is 0 Å². The van der Waals surface area contributed by atoms with E-state index < -0.39 is 5.97 Å². The summed E-state index contributed by atoms with van der Waals surface area (Å²) in [6.45, 7) is 5.05. The summed E-state index contributed by atoms with van der Waals surface area (Å²) in [6.07, 6.45) is 2.03. The molecular formula is C17H23N3O3. The molecule has 0 saturated carbocycles. The van der Waals surface area contributed by atoms with Gasteiger partial charge in [-0.15, -0.1) is 0 Å². The number of carbonyl (C=O) groups excluding carboxylic acids is 1. The number of rotatable bonds is 3. The Morgan fingerprint density at radius 3 is 2.22 bits per heavy atom. The summed E-state index contributed by atoms with van der Waals surface area (Å²) < 4.78 is 0. The Hall–Kier alpha value is -1.92. The van der Waals surface area contributed by atoms with Gasteiger partial charge in [0, 0.05) is 36.2 Å². The average molecular weight is 317 g/mol. The van der Waals surface area contributed by atoms with Gasteiger partial charge in [-0.25, -0.2) is 4.79 Å². The van der Waals surface area contributed by atoms with Crippen LogP contribution in [0.2, 0.25) is 0 Å². The smallest absolute Gasteiger partial charge is 0.335 e. The number of hydrogen-bond donors (Lipinski definition) is 3. The van der Waals surface area contributed by atoms with Gasteiger partial charge in [0.1, 0.15) is 0 Å². The Balaban J connectivity index is 1.79. The quantitative estimate of drug-likeness (QED) is 0.787. The molecule has 0 radical (unpaired) electrons. The van der Waals surface area contributed by atoms with Crippen molar-refractivity contribution in [1.29, 1.82) is 0 Å². The highest BCUT2D eigenvalue weighted by molar-refractivity contribution is 5.96. The lowest BCUT2D eigenvalue weighted by atomic mass is 9.87. The Bertz CT molecular complexity index is 592. The van der Waals surface area contributed by atoms with Crippen molar-refractivity contribution in [2.45, 2.75) is 44.8 Å². The molecule has 3 rings (SSSR count). The van der Waals surface area contributed by atoms with Crippen LogP contribution in [0.3, 0.4) is 0 Å². The molecule has 6 nitrogen and oxygen atoms in total. The number of likely N-dealkylation sites (tertiary alicyclic amines) is 1. The van der Waals surface area contributed by atoms with Crippen LogP contribution in [0, 0.1) is 5.92 Å². The van der Waals surface area contributed by atoms with Crippen molar-refractivity contribution in [3.8, 4) is 0 Å². The number of carbonyl (C=O) groups is 2. The highest BCUT2D eigenvalue weighted by Gasteiger charge is 2.42. The average Bonchev–Trinajstić information content (AvgIpc) is 3.13. The predicted octanol–water partition coefficient (Wildman–Crippen LogP) is 1.49. The van der Waals surface area contributed by atoms with Gasteiger partial charge >= 0.3 is 5.97 Å². The maximum Gasteiger partial charge on any atom is 0.335 e. The minimum absolute atomic E-state index is 0.00395. The van der Waals surface area contributed by atoms with E-state index in [9.17, 15) is 9.59 Å². The molecule has 1 aromatic rings. The molecule has 2 heterocycles. The van der Waals surface area contributed by atoms with E-state index in [2.05, 4.69) is 24.7 Å². The Morgan fingerprint density at radius 1 is 1.09 bits per heavy atom. The molecule has 2 fully saturated rings. The highest BCUT2D eigenvalue weighted by Crippen LogP contribution is 2.31. The molecule has 1 amide bonds. The van der Waals surface area contributed by atoms with Gasteiger partial charge in [0.05, 0.1) is 5.56 Å². The number of aromatic carboxylic acids is 1. The highest BCUT2D eigenvalue weighted by atomic mass is 16.4. The monoisotopic (exact) mass is 317 g/mol. The first-order valence-electron chi connectivity index (χ1n) is 8.14. The number of amides is 1. The van der Waals surface area contributed by atoms with E-state index in [-0.39, 0.29) is 17.5 Å². The molecular weight excluding hydrogens is 294 g/mol. The van der Waals surface area contributed by atoms with Gasteiger partial charge < -0.3 is 10.0 Å². The lowest BCUT2D eigenvalue weighted by molar-refractivity contribution is 0.0668. The fourth-order valence-corrected chi connectivity index (χ4v) is 3.92. The lowest BCUT2D eigenvalue weighted by Gasteiger charge is -2.33. The van der Waals surface area contributed by atoms with Gasteiger partial charge in [0.2, 0.25) is 0 Å². The molecule has 2 saturated heterocycles. The second kappa shape index (κ2) is 6.29. The summed E-state index contributed by atoms with van der Waals surface area (Å²) in [5.41, 5.74) is 7.28. The number of hydrogen-bond acceptors (Lipinski definition) is 4. The SMILES string of the molecule is CC1NNC(C)C1C1CCCN1C(=O)c1ccc(C(=O)O)cc1. The summed E-state index contributed by atoms with van der Waals surface area (Å²) in [6, 6.07) is 7.05. The molecule has 2 aliphatic rings. The Labute approximate surface area is 135 Å². The number of carboxylic acid groups (broad SMARTS) is 1. The van der Waals surface area contributed by atoms with Crippen molar-refractivity contribution in [2.24, 2.45) is 5.92 Å². The largest absolute Gasteiger partial charge is 0.478 e. The molecule has 0 spiro atoms. The second-order valence-corrected chi connectivity index (χ2v) is 6.53. The molecule has 3 atom stereocenters. The van der Waals surface area contributed by atoms with Crippen LogP contribution in [0.25, 0.3) is 0 Å². The van der Waals surface area contributed by atoms with Crippen LogP contribution in [0.1, 0.15) is 47.4 Å². The van der Waals surface area contributed by atoms with Crippen LogP contribution < -0.4 is 10.9 Å². The molecule has 1 aromatic carbocycles. The molecule has 3 N–H and O–H groups in total. The normalized spacial score (nSPS) is 30.6. The van der Waals surface area contributed by atoms with Crippen molar-refractivity contribution < 1.29 is 14.7 Å². The summed E-state index contributed by atoms with van der Waals surface area (Å²) in [4.78, 5) is 25.7. The Morgan fingerprint density at radius 2 is 1.65 bits per heavy atom. The maximum atomic E-state index is 12.8. The molecule has 6 heteroatoms. The van der Waals surface area contributed by atoms with Gasteiger partial charge in [-0.05, 0) is 51.0 Å². The van der Waals surface area contributed by atoms with Crippen molar-refractivity contribution in [2.75, 3.05) is 6.54 Å². The fourth-order valence-electron chi connectivity index (χ4n) is 3.92. The standard InChI is InChI=1S/C17H23N3O3/c1-10-15(11(2)19-18-10)14-4-3-9-20(14)16(21)12-5-7-13(8-6-12)17(22)23/h5-8,10-11,14-15,18-19H,3-4,9H2,1-2H3,(H,22,23). The zero-order chi connectivity index (χ0) is 16.6. The zero-order valence-corrected chi connectivity index (χ0v) is 13.5. The van der Waals surface area contributed by atoms with E-state index >= 15 is 0 Å². The first kappa shape index (κ1) is 16.0. The minimum atomic E-state index is -0.978. The third-order valence-corrected chi connectivity index (χ3v) is 5.08. The molecule has 2 aliphatic heterocycles. The van der Waals surface area contributed by atoms with Crippen molar-refractivity contribution >= 4 is 11.9 Å². The van der Waals surface area contributed by atoms with E-state index in [1.165, 1.54) is 12.1 Å². The molecule has 23 heavy (non-hydrogen) atoms. The van der Waals surface area contributed by atoms with E-state index in [0.717, 1.165) is 19.4 Å². The molecule has 0 aliphatic carbocycles. The van der Waals surface area contributed by atoms with E-state index in [4.69, 9.17) is 5.11 Å². The van der Waals surface area contributed by atoms with Gasteiger partial charge in [-0.2, -0.15) is 0 Å². The second-order valence-electron chi connectivity index (χ2n) is 6.53. The van der Waals surface area contributed by atoms with Crippen molar-refractivity contribution in [1.82, 2.24) is 15.8 Å². The van der Waals surface area contributed by atoms with Crippen LogP contribution in [0.15, 0.2) is 24.3 Å². The molecule has 3 unspecified atom stereocenters. The van der Waals surface area contributed by atoms with Crippen LogP contribution in [-0.2, 0) is 0 Å². The number of nitrogens with one attached hydrogen (secondary N) is 2. The van der Waals surface area contributed by atoms with Crippen LogP contribution in [0.5, 0.6) is 0 Å². The number of benzene rings is 1. The van der Waals surface area contributed by atoms with Crippen LogP contribution >= 0.6 is 0 Å². The third-order valence-electron chi connectivity index (χ3n) is 5.08. The molecule has 0 aromatic heterocycles. The topological polar surface area (TPSA) is 81.7 Å². The van der Waals surface area contributed by atoms with Gasteiger partial charge in [-0.1, -0.05) is 0 Å². The Kier molecular flexibility index (Phi) is 4.37. The van der Waals surface area contributed by atoms with Crippen LogP contribution in [0.4, 0.5) is 0 Å². The number of hydrazine groups is 1. The predicted molar refractivity (Wildman–Crippen MR) is 86.1 cm³/mol.